The lowest BCUT2D eigenvalue weighted by molar-refractivity contribution is 0.364. The number of hydrogen-bond acceptors (Lipinski definition) is 5. The Morgan fingerprint density at radius 2 is 2.08 bits per heavy atom. The predicted octanol–water partition coefficient (Wildman–Crippen LogP) is 0.344. The van der Waals surface area contributed by atoms with Crippen LogP contribution in [0.3, 0.4) is 0 Å². The standard InChI is InChI=1S/C6H10N2.C2HN3/c1-3-8-5-4-7(2)6-8;3-1-5-2-4/h3-5H,1,6H2,2H3;5H. The summed E-state index contributed by atoms with van der Waals surface area (Å²) in [5.41, 5.74) is 0. The molecule has 0 saturated heterocycles. The van der Waals surface area contributed by atoms with Crippen molar-refractivity contribution in [3.05, 3.63) is 25.2 Å². The molecular formula is C8H11N5. The number of rotatable bonds is 1. The molecule has 1 aliphatic heterocycles. The second-order valence-electron chi connectivity index (χ2n) is 2.24. The molecule has 1 rings (SSSR count). The first-order chi connectivity index (χ1) is 6.24. The van der Waals surface area contributed by atoms with E-state index in [9.17, 15) is 0 Å². The molecule has 0 saturated carbocycles. The fourth-order valence-electron chi connectivity index (χ4n) is 0.695. The van der Waals surface area contributed by atoms with Crippen LogP contribution in [0.5, 0.6) is 0 Å². The largest absolute Gasteiger partial charge is 0.361 e. The quantitative estimate of drug-likeness (QED) is 0.462. The molecule has 0 unspecified atom stereocenters. The van der Waals surface area contributed by atoms with Crippen molar-refractivity contribution in [2.24, 2.45) is 0 Å². The van der Waals surface area contributed by atoms with Gasteiger partial charge in [-0.1, -0.05) is 6.58 Å². The molecule has 0 aromatic carbocycles. The van der Waals surface area contributed by atoms with Gasteiger partial charge < -0.3 is 9.80 Å². The van der Waals surface area contributed by atoms with Gasteiger partial charge in [-0.25, -0.2) is 5.32 Å². The van der Waals surface area contributed by atoms with Gasteiger partial charge in [-0.05, 0) is 6.20 Å². The van der Waals surface area contributed by atoms with Crippen LogP contribution in [-0.4, -0.2) is 23.5 Å². The molecule has 5 nitrogen and oxygen atoms in total. The Morgan fingerprint density at radius 3 is 2.23 bits per heavy atom. The molecule has 0 aromatic rings. The number of nitrogens with zero attached hydrogens (tertiary/aromatic N) is 4. The van der Waals surface area contributed by atoms with E-state index < -0.39 is 0 Å². The zero-order chi connectivity index (χ0) is 10.1. The zero-order valence-corrected chi connectivity index (χ0v) is 7.44. The molecule has 0 spiro atoms. The van der Waals surface area contributed by atoms with Gasteiger partial charge in [0.05, 0.1) is 6.67 Å². The summed E-state index contributed by atoms with van der Waals surface area (Å²) >= 11 is 0. The van der Waals surface area contributed by atoms with Crippen molar-refractivity contribution in [2.45, 2.75) is 0 Å². The van der Waals surface area contributed by atoms with Gasteiger partial charge in [-0.2, -0.15) is 10.5 Å². The van der Waals surface area contributed by atoms with Gasteiger partial charge in [-0.3, -0.25) is 0 Å². The summed E-state index contributed by atoms with van der Waals surface area (Å²) in [7, 11) is 2.03. The first kappa shape index (κ1) is 10.9. The SMILES string of the molecule is C=CN1C=CN(C)C1.N#CNC#N. The lowest BCUT2D eigenvalue weighted by Gasteiger charge is -2.11. The fraction of sp³-hybridized carbons (Fsp3) is 0.250. The highest BCUT2D eigenvalue weighted by molar-refractivity contribution is 4.93. The van der Waals surface area contributed by atoms with Crippen molar-refractivity contribution in [1.82, 2.24) is 15.1 Å². The Bertz CT molecular complexity index is 245. The van der Waals surface area contributed by atoms with Crippen molar-refractivity contribution in [1.29, 1.82) is 10.5 Å². The van der Waals surface area contributed by atoms with Crippen LogP contribution in [0, 0.1) is 22.9 Å². The number of hydrogen-bond donors (Lipinski definition) is 1. The Hall–Kier alpha value is -2.14. The van der Waals surface area contributed by atoms with Crippen LogP contribution in [0.15, 0.2) is 25.2 Å². The Labute approximate surface area is 77.8 Å². The Morgan fingerprint density at radius 1 is 1.46 bits per heavy atom. The molecule has 0 atom stereocenters. The molecule has 13 heavy (non-hydrogen) atoms. The van der Waals surface area contributed by atoms with E-state index in [1.54, 1.807) is 11.5 Å². The summed E-state index contributed by atoms with van der Waals surface area (Å²) in [6.07, 6.45) is 8.63. The van der Waals surface area contributed by atoms with E-state index >= 15 is 0 Å². The predicted molar refractivity (Wildman–Crippen MR) is 48.2 cm³/mol. The van der Waals surface area contributed by atoms with Crippen molar-refractivity contribution in [3.8, 4) is 12.4 Å². The van der Waals surface area contributed by atoms with Gasteiger partial charge in [0.2, 0.25) is 0 Å². The van der Waals surface area contributed by atoms with Gasteiger partial charge in [0.15, 0.2) is 12.4 Å². The van der Waals surface area contributed by atoms with E-state index in [1.165, 1.54) is 12.4 Å². The summed E-state index contributed by atoms with van der Waals surface area (Å²) in [6.45, 7) is 4.56. The van der Waals surface area contributed by atoms with E-state index in [-0.39, 0.29) is 0 Å². The third kappa shape index (κ3) is 5.16. The molecule has 0 amide bonds. The highest BCUT2D eigenvalue weighted by Gasteiger charge is 2.01. The average molecular weight is 177 g/mol. The maximum absolute atomic E-state index is 7.48. The van der Waals surface area contributed by atoms with Crippen LogP contribution in [-0.2, 0) is 0 Å². The molecule has 0 fully saturated rings. The monoisotopic (exact) mass is 177 g/mol. The molecule has 0 bridgehead atoms. The molecule has 1 N–H and O–H groups in total. The summed E-state index contributed by atoms with van der Waals surface area (Å²) in [5, 5.41) is 16.7. The van der Waals surface area contributed by atoms with Gasteiger partial charge >= 0.3 is 0 Å². The maximum Gasteiger partial charge on any atom is 0.190 e. The first-order valence-corrected chi connectivity index (χ1v) is 3.54. The molecule has 1 aliphatic rings. The minimum absolute atomic E-state index is 0.934. The van der Waals surface area contributed by atoms with Gasteiger partial charge in [-0.15, -0.1) is 0 Å². The van der Waals surface area contributed by atoms with Crippen LogP contribution in [0.1, 0.15) is 0 Å². The number of nitrogens with one attached hydrogen (secondary N) is 1. The summed E-state index contributed by atoms with van der Waals surface area (Å²) < 4.78 is 0. The Balaban J connectivity index is 0.000000252. The maximum atomic E-state index is 7.48. The molecule has 68 valence electrons. The average Bonchev–Trinajstić information content (AvgIpc) is 2.54. The van der Waals surface area contributed by atoms with Crippen LogP contribution < -0.4 is 5.32 Å². The lowest BCUT2D eigenvalue weighted by atomic mass is 10.8. The van der Waals surface area contributed by atoms with E-state index in [2.05, 4.69) is 11.5 Å². The van der Waals surface area contributed by atoms with Crippen molar-refractivity contribution >= 4 is 0 Å². The van der Waals surface area contributed by atoms with Crippen LogP contribution >= 0.6 is 0 Å². The summed E-state index contributed by atoms with van der Waals surface area (Å²) in [4.78, 5) is 4.10. The van der Waals surface area contributed by atoms with E-state index in [1.807, 2.05) is 24.3 Å². The second kappa shape index (κ2) is 6.56. The molecule has 0 aliphatic carbocycles. The third-order valence-corrected chi connectivity index (χ3v) is 1.25. The Kier molecular flexibility index (Phi) is 5.48. The molecular weight excluding hydrogens is 166 g/mol. The third-order valence-electron chi connectivity index (χ3n) is 1.25. The van der Waals surface area contributed by atoms with Crippen molar-refractivity contribution < 1.29 is 0 Å². The minimum Gasteiger partial charge on any atom is -0.361 e. The van der Waals surface area contributed by atoms with Gasteiger partial charge in [0.25, 0.3) is 0 Å². The van der Waals surface area contributed by atoms with E-state index in [0.29, 0.717) is 0 Å². The molecule has 0 radical (unpaired) electrons. The van der Waals surface area contributed by atoms with Gasteiger partial charge in [0, 0.05) is 19.4 Å². The molecule has 1 heterocycles. The van der Waals surface area contributed by atoms with Crippen LogP contribution in [0.2, 0.25) is 0 Å². The van der Waals surface area contributed by atoms with E-state index in [0.717, 1.165) is 6.67 Å². The topological polar surface area (TPSA) is 66.1 Å². The lowest BCUT2D eigenvalue weighted by Crippen LogP contribution is -2.16. The van der Waals surface area contributed by atoms with Crippen molar-refractivity contribution in [2.75, 3.05) is 13.7 Å². The second-order valence-corrected chi connectivity index (χ2v) is 2.24. The molecule has 0 aromatic heterocycles. The number of nitriles is 2. The normalized spacial score (nSPS) is 12.2. The van der Waals surface area contributed by atoms with Crippen molar-refractivity contribution in [3.63, 3.8) is 0 Å². The molecule has 5 heteroatoms. The zero-order valence-electron chi connectivity index (χ0n) is 7.44. The fourth-order valence-corrected chi connectivity index (χ4v) is 0.695. The smallest absolute Gasteiger partial charge is 0.190 e. The highest BCUT2D eigenvalue weighted by Crippen LogP contribution is 2.01. The minimum atomic E-state index is 0.934. The summed E-state index contributed by atoms with van der Waals surface area (Å²) in [5.74, 6) is 0. The van der Waals surface area contributed by atoms with Gasteiger partial charge in [0.1, 0.15) is 0 Å². The van der Waals surface area contributed by atoms with Crippen LogP contribution in [0.4, 0.5) is 0 Å². The first-order valence-electron chi connectivity index (χ1n) is 3.54. The highest BCUT2D eigenvalue weighted by atomic mass is 15.3. The van der Waals surface area contributed by atoms with E-state index in [4.69, 9.17) is 10.5 Å². The van der Waals surface area contributed by atoms with Crippen LogP contribution in [0.25, 0.3) is 0 Å². The summed E-state index contributed by atoms with van der Waals surface area (Å²) in [6, 6.07) is 0.